The molecule has 0 aliphatic heterocycles. The molecule has 2 aromatic rings. The molecule has 1 aromatic heterocycles. The normalized spacial score (nSPS) is 11.7. The molecular weight excluding hydrogens is 365 g/mol. The number of hydrogen-bond acceptors (Lipinski definition) is 3. The largest absolute Gasteiger partial charge is 0.416 e. The highest BCUT2D eigenvalue weighted by Crippen LogP contribution is 2.29. The molecule has 2 rings (SSSR count). The van der Waals surface area contributed by atoms with Crippen molar-refractivity contribution in [3.63, 3.8) is 0 Å². The molecule has 0 aliphatic rings. The molecule has 0 atom stereocenters. The molecule has 0 aliphatic carbocycles. The van der Waals surface area contributed by atoms with Gasteiger partial charge in [0.15, 0.2) is 5.11 Å². The van der Waals surface area contributed by atoms with E-state index >= 15 is 0 Å². The molecule has 9 heteroatoms. The molecule has 0 radical (unpaired) electrons. The third kappa shape index (κ3) is 5.85. The molecule has 1 heterocycles. The Morgan fingerprint density at radius 1 is 1.27 bits per heavy atom. The van der Waals surface area contributed by atoms with Crippen molar-refractivity contribution in [3.05, 3.63) is 53.9 Å². The summed E-state index contributed by atoms with van der Waals surface area (Å²) in [5.41, 5.74) is 3.30. The van der Waals surface area contributed by atoms with Gasteiger partial charge in [0.25, 0.3) is 0 Å². The van der Waals surface area contributed by atoms with Gasteiger partial charge in [-0.25, -0.2) is 0 Å². The highest BCUT2D eigenvalue weighted by Gasteiger charge is 2.30. The van der Waals surface area contributed by atoms with E-state index in [2.05, 4.69) is 15.8 Å². The molecular formula is C17H19F3N4OS. The number of nitrogens with zero attached hydrogens (tertiary/aromatic N) is 2. The standard InChI is InChI=1S/C17H19F3N4OS/c1-25-11-3-9-21-16(26)23-22-12-15-4-2-10-24(15)14-7-5-13(6-8-14)17(18,19)20/h2,4-8,10,12H,3,9,11H2,1H3,(H2,21,23,26). The van der Waals surface area contributed by atoms with Crippen LogP contribution in [-0.2, 0) is 10.9 Å². The lowest BCUT2D eigenvalue weighted by Crippen LogP contribution is -2.33. The number of aromatic nitrogens is 1. The second kappa shape index (κ2) is 9.35. The minimum Gasteiger partial charge on any atom is -0.385 e. The fraction of sp³-hybridized carbons (Fsp3) is 0.294. The van der Waals surface area contributed by atoms with Crippen LogP contribution in [0.1, 0.15) is 17.7 Å². The number of methoxy groups -OCH3 is 1. The minimum atomic E-state index is -4.35. The van der Waals surface area contributed by atoms with E-state index in [-0.39, 0.29) is 0 Å². The lowest BCUT2D eigenvalue weighted by atomic mass is 10.2. The third-order valence-electron chi connectivity index (χ3n) is 3.43. The van der Waals surface area contributed by atoms with Crippen molar-refractivity contribution >= 4 is 23.5 Å². The highest BCUT2D eigenvalue weighted by atomic mass is 32.1. The smallest absolute Gasteiger partial charge is 0.385 e. The first kappa shape index (κ1) is 19.9. The van der Waals surface area contributed by atoms with Gasteiger partial charge in [-0.3, -0.25) is 5.43 Å². The van der Waals surface area contributed by atoms with Crippen molar-refractivity contribution in [3.8, 4) is 5.69 Å². The summed E-state index contributed by atoms with van der Waals surface area (Å²) in [5, 5.41) is 7.40. The second-order valence-corrected chi connectivity index (χ2v) is 5.73. The van der Waals surface area contributed by atoms with E-state index in [0.29, 0.717) is 29.6 Å². The van der Waals surface area contributed by atoms with E-state index in [1.807, 2.05) is 0 Å². The van der Waals surface area contributed by atoms with Gasteiger partial charge in [-0.05, 0) is 55.0 Å². The summed E-state index contributed by atoms with van der Waals surface area (Å²) in [6.45, 7) is 1.30. The molecule has 0 saturated carbocycles. The first-order chi connectivity index (χ1) is 12.4. The third-order valence-corrected chi connectivity index (χ3v) is 3.66. The van der Waals surface area contributed by atoms with Crippen molar-refractivity contribution in [2.75, 3.05) is 20.3 Å². The number of ether oxygens (including phenoxy) is 1. The lowest BCUT2D eigenvalue weighted by molar-refractivity contribution is -0.137. The Morgan fingerprint density at radius 3 is 2.65 bits per heavy atom. The molecule has 0 spiro atoms. The van der Waals surface area contributed by atoms with Crippen LogP contribution in [0.3, 0.4) is 0 Å². The predicted molar refractivity (Wildman–Crippen MR) is 98.6 cm³/mol. The molecule has 0 bridgehead atoms. The summed E-state index contributed by atoms with van der Waals surface area (Å²) >= 11 is 5.08. The minimum absolute atomic E-state index is 0.380. The number of hydrazone groups is 1. The van der Waals surface area contributed by atoms with Crippen LogP contribution in [0.2, 0.25) is 0 Å². The number of alkyl halides is 3. The van der Waals surface area contributed by atoms with Crippen LogP contribution in [0.4, 0.5) is 13.2 Å². The van der Waals surface area contributed by atoms with Gasteiger partial charge < -0.3 is 14.6 Å². The van der Waals surface area contributed by atoms with E-state index in [9.17, 15) is 13.2 Å². The summed E-state index contributed by atoms with van der Waals surface area (Å²) < 4.78 is 44.6. The zero-order chi connectivity index (χ0) is 19.0. The maximum absolute atomic E-state index is 12.7. The fourth-order valence-electron chi connectivity index (χ4n) is 2.16. The SMILES string of the molecule is COCCCNC(=S)NN=Cc1cccn1-c1ccc(C(F)(F)F)cc1. The van der Waals surface area contributed by atoms with E-state index < -0.39 is 11.7 Å². The molecule has 2 N–H and O–H groups in total. The van der Waals surface area contributed by atoms with Gasteiger partial charge in [0.2, 0.25) is 0 Å². The summed E-state index contributed by atoms with van der Waals surface area (Å²) in [5.74, 6) is 0. The van der Waals surface area contributed by atoms with Crippen LogP contribution in [-0.4, -0.2) is 36.2 Å². The molecule has 0 unspecified atom stereocenters. The number of nitrogens with one attached hydrogen (secondary N) is 2. The van der Waals surface area contributed by atoms with Gasteiger partial charge in [0, 0.05) is 32.1 Å². The molecule has 0 amide bonds. The first-order valence-corrected chi connectivity index (χ1v) is 8.23. The van der Waals surface area contributed by atoms with Crippen molar-refractivity contribution in [1.29, 1.82) is 0 Å². The van der Waals surface area contributed by atoms with Gasteiger partial charge in [-0.1, -0.05) is 0 Å². The van der Waals surface area contributed by atoms with Crippen LogP contribution in [0.15, 0.2) is 47.7 Å². The summed E-state index contributed by atoms with van der Waals surface area (Å²) in [6, 6.07) is 8.49. The van der Waals surface area contributed by atoms with Crippen LogP contribution < -0.4 is 10.7 Å². The van der Waals surface area contributed by atoms with Crippen molar-refractivity contribution in [1.82, 2.24) is 15.3 Å². The number of benzene rings is 1. The zero-order valence-corrected chi connectivity index (χ0v) is 14.9. The van der Waals surface area contributed by atoms with E-state index in [1.165, 1.54) is 12.1 Å². The van der Waals surface area contributed by atoms with Crippen LogP contribution in [0.25, 0.3) is 5.69 Å². The Morgan fingerprint density at radius 2 is 2.00 bits per heavy atom. The highest BCUT2D eigenvalue weighted by molar-refractivity contribution is 7.80. The molecule has 0 saturated heterocycles. The van der Waals surface area contributed by atoms with E-state index in [4.69, 9.17) is 17.0 Å². The monoisotopic (exact) mass is 384 g/mol. The number of halogens is 3. The Bertz CT molecular complexity index is 741. The zero-order valence-electron chi connectivity index (χ0n) is 14.1. The summed E-state index contributed by atoms with van der Waals surface area (Å²) in [6.07, 6.45) is -0.250. The van der Waals surface area contributed by atoms with E-state index in [1.54, 1.807) is 36.2 Å². The van der Waals surface area contributed by atoms with Crippen LogP contribution in [0.5, 0.6) is 0 Å². The second-order valence-electron chi connectivity index (χ2n) is 5.32. The lowest BCUT2D eigenvalue weighted by Gasteiger charge is -2.10. The molecule has 1 aromatic carbocycles. The predicted octanol–water partition coefficient (Wildman–Crippen LogP) is 3.33. The molecule has 140 valence electrons. The number of hydrogen-bond donors (Lipinski definition) is 2. The Labute approximate surface area is 154 Å². The number of thiocarbonyl (C=S) groups is 1. The molecule has 0 fully saturated rings. The first-order valence-electron chi connectivity index (χ1n) is 7.82. The Hall–Kier alpha value is -2.39. The van der Waals surface area contributed by atoms with Crippen LogP contribution >= 0.6 is 12.2 Å². The summed E-state index contributed by atoms with van der Waals surface area (Å²) in [4.78, 5) is 0. The molecule has 5 nitrogen and oxygen atoms in total. The van der Waals surface area contributed by atoms with Gasteiger partial charge in [-0.15, -0.1) is 0 Å². The topological polar surface area (TPSA) is 50.6 Å². The molecule has 26 heavy (non-hydrogen) atoms. The van der Waals surface area contributed by atoms with Gasteiger partial charge in [-0.2, -0.15) is 18.3 Å². The summed E-state index contributed by atoms with van der Waals surface area (Å²) in [7, 11) is 1.63. The van der Waals surface area contributed by atoms with Gasteiger partial charge >= 0.3 is 6.18 Å². The Kier molecular flexibility index (Phi) is 7.16. The van der Waals surface area contributed by atoms with Crippen molar-refractivity contribution in [2.45, 2.75) is 12.6 Å². The average Bonchev–Trinajstić information content (AvgIpc) is 3.06. The maximum atomic E-state index is 12.7. The van der Waals surface area contributed by atoms with Crippen LogP contribution in [0, 0.1) is 0 Å². The average molecular weight is 384 g/mol. The number of rotatable bonds is 7. The van der Waals surface area contributed by atoms with Gasteiger partial charge in [0.1, 0.15) is 0 Å². The fourth-order valence-corrected chi connectivity index (χ4v) is 2.32. The van der Waals surface area contributed by atoms with Crippen molar-refractivity contribution in [2.24, 2.45) is 5.10 Å². The quantitative estimate of drug-likeness (QED) is 0.333. The van der Waals surface area contributed by atoms with Crippen molar-refractivity contribution < 1.29 is 17.9 Å². The van der Waals surface area contributed by atoms with E-state index in [0.717, 1.165) is 18.6 Å². The Balaban J connectivity index is 1.96. The maximum Gasteiger partial charge on any atom is 0.416 e. The van der Waals surface area contributed by atoms with Gasteiger partial charge in [0.05, 0.1) is 17.5 Å².